The van der Waals surface area contributed by atoms with Crippen molar-refractivity contribution in [3.8, 4) is 0 Å². The predicted molar refractivity (Wildman–Crippen MR) is 77.8 cm³/mol. The van der Waals surface area contributed by atoms with Gasteiger partial charge < -0.3 is 10.6 Å². The molecule has 1 aliphatic rings. The third-order valence-electron chi connectivity index (χ3n) is 3.88. The molecule has 2 N–H and O–H groups in total. The summed E-state index contributed by atoms with van der Waals surface area (Å²) in [7, 11) is 0. The molecule has 0 amide bonds. The zero-order valence-corrected chi connectivity index (χ0v) is 11.3. The van der Waals surface area contributed by atoms with Gasteiger partial charge in [-0.1, -0.05) is 12.1 Å². The number of rotatable bonds is 3. The van der Waals surface area contributed by atoms with E-state index in [0.29, 0.717) is 12.2 Å². The lowest BCUT2D eigenvalue weighted by molar-refractivity contribution is 0.609. The summed E-state index contributed by atoms with van der Waals surface area (Å²) in [6.45, 7) is 1.24. The third-order valence-corrected chi connectivity index (χ3v) is 3.88. The van der Waals surface area contributed by atoms with Gasteiger partial charge in [0.1, 0.15) is 5.82 Å². The van der Waals surface area contributed by atoms with Crippen LogP contribution in [0.4, 0.5) is 10.1 Å². The second kappa shape index (κ2) is 5.59. The van der Waals surface area contributed by atoms with Crippen molar-refractivity contribution in [3.05, 3.63) is 59.7 Å². The summed E-state index contributed by atoms with van der Waals surface area (Å²) < 4.78 is 14.3. The lowest BCUT2D eigenvalue weighted by Crippen LogP contribution is -2.23. The molecule has 4 heteroatoms. The average molecular weight is 271 g/mol. The van der Waals surface area contributed by atoms with Crippen LogP contribution < -0.4 is 10.6 Å². The Bertz CT molecular complexity index is 586. The van der Waals surface area contributed by atoms with E-state index in [2.05, 4.69) is 16.0 Å². The molecular weight excluding hydrogens is 253 g/mol. The van der Waals surface area contributed by atoms with Gasteiger partial charge in [-0.3, -0.25) is 4.98 Å². The number of nitrogens with two attached hydrogens (primary N) is 1. The van der Waals surface area contributed by atoms with Gasteiger partial charge in [0.25, 0.3) is 0 Å². The Balaban J connectivity index is 1.93. The van der Waals surface area contributed by atoms with Crippen LogP contribution in [0.3, 0.4) is 0 Å². The summed E-state index contributed by atoms with van der Waals surface area (Å²) in [5, 5.41) is 0. The highest BCUT2D eigenvalue weighted by atomic mass is 19.1. The van der Waals surface area contributed by atoms with Crippen molar-refractivity contribution in [2.75, 3.05) is 11.4 Å². The maximum absolute atomic E-state index is 14.3. The summed E-state index contributed by atoms with van der Waals surface area (Å²) in [5.41, 5.74) is 8.18. The molecule has 1 saturated heterocycles. The van der Waals surface area contributed by atoms with Crippen LogP contribution >= 0.6 is 0 Å². The molecule has 3 nitrogen and oxygen atoms in total. The Kier molecular flexibility index (Phi) is 3.65. The molecular formula is C16H18FN3. The molecule has 2 aromatic rings. The van der Waals surface area contributed by atoms with E-state index >= 15 is 0 Å². The Morgan fingerprint density at radius 3 is 2.95 bits per heavy atom. The summed E-state index contributed by atoms with van der Waals surface area (Å²) in [6.07, 6.45) is 5.73. The van der Waals surface area contributed by atoms with E-state index < -0.39 is 0 Å². The lowest BCUT2D eigenvalue weighted by atomic mass is 10.1. The molecule has 1 fully saturated rings. The number of hydrogen-bond donors (Lipinski definition) is 1. The quantitative estimate of drug-likeness (QED) is 0.933. The molecule has 1 unspecified atom stereocenters. The standard InChI is InChI=1S/C16H18FN3/c17-14-9-12(10-18)5-6-16(14)20-8-2-4-15(20)13-3-1-7-19-11-13/h1,3,5-7,9,11,15H,2,4,8,10,18H2. The van der Waals surface area contributed by atoms with Gasteiger partial charge in [0, 0.05) is 25.5 Å². The highest BCUT2D eigenvalue weighted by Crippen LogP contribution is 2.37. The number of hydrogen-bond acceptors (Lipinski definition) is 3. The molecule has 0 spiro atoms. The average Bonchev–Trinajstić information content (AvgIpc) is 2.97. The van der Waals surface area contributed by atoms with E-state index in [-0.39, 0.29) is 11.9 Å². The van der Waals surface area contributed by atoms with Crippen LogP contribution in [0.15, 0.2) is 42.7 Å². The van der Waals surface area contributed by atoms with E-state index in [1.807, 2.05) is 24.4 Å². The molecule has 0 bridgehead atoms. The zero-order chi connectivity index (χ0) is 13.9. The van der Waals surface area contributed by atoms with Crippen LogP contribution in [0, 0.1) is 5.82 Å². The van der Waals surface area contributed by atoms with Crippen LogP contribution in [-0.4, -0.2) is 11.5 Å². The number of nitrogens with zero attached hydrogens (tertiary/aromatic N) is 2. The first-order valence-electron chi connectivity index (χ1n) is 6.94. The first kappa shape index (κ1) is 13.1. The highest BCUT2D eigenvalue weighted by Gasteiger charge is 2.28. The van der Waals surface area contributed by atoms with Crippen molar-refractivity contribution in [1.82, 2.24) is 4.98 Å². The maximum Gasteiger partial charge on any atom is 0.146 e. The van der Waals surface area contributed by atoms with Gasteiger partial charge in [-0.2, -0.15) is 0 Å². The Morgan fingerprint density at radius 2 is 2.25 bits per heavy atom. The van der Waals surface area contributed by atoms with Gasteiger partial charge in [0.15, 0.2) is 0 Å². The monoisotopic (exact) mass is 271 g/mol. The smallest absolute Gasteiger partial charge is 0.146 e. The topological polar surface area (TPSA) is 42.1 Å². The fraction of sp³-hybridized carbons (Fsp3) is 0.312. The molecule has 1 aromatic heterocycles. The van der Waals surface area contributed by atoms with Crippen LogP contribution in [0.2, 0.25) is 0 Å². The largest absolute Gasteiger partial charge is 0.362 e. The van der Waals surface area contributed by atoms with Gasteiger partial charge >= 0.3 is 0 Å². The second-order valence-corrected chi connectivity index (χ2v) is 5.13. The molecule has 104 valence electrons. The molecule has 1 aliphatic heterocycles. The van der Waals surface area contributed by atoms with E-state index in [1.165, 1.54) is 6.07 Å². The van der Waals surface area contributed by atoms with Crippen molar-refractivity contribution < 1.29 is 4.39 Å². The van der Waals surface area contributed by atoms with Crippen molar-refractivity contribution in [3.63, 3.8) is 0 Å². The van der Waals surface area contributed by atoms with Crippen LogP contribution in [0.25, 0.3) is 0 Å². The Hall–Kier alpha value is -1.94. The van der Waals surface area contributed by atoms with Crippen LogP contribution in [-0.2, 0) is 6.54 Å². The van der Waals surface area contributed by atoms with E-state index in [9.17, 15) is 4.39 Å². The van der Waals surface area contributed by atoms with E-state index in [1.54, 1.807) is 6.20 Å². The fourth-order valence-electron chi connectivity index (χ4n) is 2.88. The van der Waals surface area contributed by atoms with Gasteiger partial charge in [-0.15, -0.1) is 0 Å². The molecule has 0 aliphatic carbocycles. The number of anilines is 1. The van der Waals surface area contributed by atoms with Gasteiger partial charge in [-0.25, -0.2) is 4.39 Å². The van der Waals surface area contributed by atoms with Gasteiger partial charge in [-0.05, 0) is 42.2 Å². The summed E-state index contributed by atoms with van der Waals surface area (Å²) in [4.78, 5) is 6.30. The summed E-state index contributed by atoms with van der Waals surface area (Å²) >= 11 is 0. The summed E-state index contributed by atoms with van der Waals surface area (Å²) in [6, 6.07) is 9.47. The number of pyridine rings is 1. The second-order valence-electron chi connectivity index (χ2n) is 5.13. The first-order valence-corrected chi connectivity index (χ1v) is 6.94. The SMILES string of the molecule is NCc1ccc(N2CCCC2c2cccnc2)c(F)c1. The summed E-state index contributed by atoms with van der Waals surface area (Å²) in [5.74, 6) is -0.191. The minimum atomic E-state index is -0.191. The van der Waals surface area contributed by atoms with Crippen molar-refractivity contribution >= 4 is 5.69 Å². The van der Waals surface area contributed by atoms with E-state index in [4.69, 9.17) is 5.73 Å². The lowest BCUT2D eigenvalue weighted by Gasteiger charge is -2.27. The minimum Gasteiger partial charge on any atom is -0.362 e. The normalized spacial score (nSPS) is 18.5. The number of aromatic nitrogens is 1. The molecule has 1 atom stereocenters. The highest BCUT2D eigenvalue weighted by molar-refractivity contribution is 5.52. The fourth-order valence-corrected chi connectivity index (χ4v) is 2.88. The van der Waals surface area contributed by atoms with Crippen molar-refractivity contribution in [1.29, 1.82) is 0 Å². The molecule has 3 rings (SSSR count). The van der Waals surface area contributed by atoms with Gasteiger partial charge in [0.2, 0.25) is 0 Å². The van der Waals surface area contributed by atoms with E-state index in [0.717, 1.165) is 30.5 Å². The minimum absolute atomic E-state index is 0.191. The molecule has 2 heterocycles. The van der Waals surface area contributed by atoms with Crippen molar-refractivity contribution in [2.45, 2.75) is 25.4 Å². The Morgan fingerprint density at radius 1 is 1.35 bits per heavy atom. The number of benzene rings is 1. The third kappa shape index (κ3) is 2.39. The van der Waals surface area contributed by atoms with Crippen molar-refractivity contribution in [2.24, 2.45) is 5.73 Å². The molecule has 1 aromatic carbocycles. The van der Waals surface area contributed by atoms with Crippen LogP contribution in [0.1, 0.15) is 30.0 Å². The maximum atomic E-state index is 14.3. The molecule has 0 saturated carbocycles. The molecule has 0 radical (unpaired) electrons. The number of halogens is 1. The zero-order valence-electron chi connectivity index (χ0n) is 11.3. The Labute approximate surface area is 118 Å². The molecule has 20 heavy (non-hydrogen) atoms. The first-order chi connectivity index (χ1) is 9.79. The van der Waals surface area contributed by atoms with Gasteiger partial charge in [0.05, 0.1) is 11.7 Å². The predicted octanol–water partition coefficient (Wildman–Crippen LogP) is 3.02. The van der Waals surface area contributed by atoms with Crippen LogP contribution in [0.5, 0.6) is 0 Å².